The third kappa shape index (κ3) is 3.97. The van der Waals surface area contributed by atoms with Gasteiger partial charge in [0.15, 0.2) is 0 Å². The number of hydrogen-bond donors (Lipinski definition) is 1. The molecule has 0 aliphatic carbocycles. The first kappa shape index (κ1) is 20.2. The molecule has 0 bridgehead atoms. The minimum absolute atomic E-state index is 0. The predicted octanol–water partition coefficient (Wildman–Crippen LogP) is 1.91. The molecule has 23 heavy (non-hydrogen) atoms. The number of esters is 1. The van der Waals surface area contributed by atoms with Gasteiger partial charge in [-0.3, -0.25) is 0 Å². The Morgan fingerprint density at radius 3 is 2.65 bits per heavy atom. The van der Waals surface area contributed by atoms with Gasteiger partial charge in [0.2, 0.25) is 10.0 Å². The molecule has 0 spiro atoms. The van der Waals surface area contributed by atoms with E-state index in [1.54, 1.807) is 0 Å². The van der Waals surface area contributed by atoms with Crippen molar-refractivity contribution in [1.29, 1.82) is 0 Å². The molecule has 9 heteroatoms. The number of methoxy groups -OCH3 is 1. The highest BCUT2D eigenvalue weighted by molar-refractivity contribution is 7.89. The number of sulfonamides is 1. The largest absolute Gasteiger partial charge is 0.465 e. The van der Waals surface area contributed by atoms with Crippen LogP contribution in [0.5, 0.6) is 0 Å². The summed E-state index contributed by atoms with van der Waals surface area (Å²) < 4.78 is 31.7. The van der Waals surface area contributed by atoms with Crippen LogP contribution in [0.3, 0.4) is 0 Å². The molecule has 0 radical (unpaired) electrons. The highest BCUT2D eigenvalue weighted by Gasteiger charge is 2.40. The number of halogens is 2. The topological polar surface area (TPSA) is 89.7 Å². The lowest BCUT2D eigenvalue weighted by molar-refractivity contribution is 0.0596. The van der Waals surface area contributed by atoms with Gasteiger partial charge in [-0.05, 0) is 36.6 Å². The first-order valence-corrected chi connectivity index (χ1v) is 8.63. The summed E-state index contributed by atoms with van der Waals surface area (Å²) in [5.41, 5.74) is 5.41. The second-order valence-electron chi connectivity index (χ2n) is 5.74. The van der Waals surface area contributed by atoms with Crippen molar-refractivity contribution in [2.75, 3.05) is 26.7 Å². The Bertz CT molecular complexity index is 696. The molecule has 1 heterocycles. The maximum absolute atomic E-state index is 12.8. The van der Waals surface area contributed by atoms with Crippen LogP contribution in [0, 0.1) is 5.41 Å². The van der Waals surface area contributed by atoms with Gasteiger partial charge in [-0.15, -0.1) is 12.4 Å². The summed E-state index contributed by atoms with van der Waals surface area (Å²) in [7, 11) is -2.61. The van der Waals surface area contributed by atoms with Gasteiger partial charge in [0.05, 0.1) is 17.6 Å². The van der Waals surface area contributed by atoms with Crippen LogP contribution >= 0.6 is 24.0 Å². The van der Waals surface area contributed by atoms with Gasteiger partial charge in [-0.25, -0.2) is 13.2 Å². The van der Waals surface area contributed by atoms with Crippen molar-refractivity contribution < 1.29 is 17.9 Å². The van der Waals surface area contributed by atoms with Crippen molar-refractivity contribution >= 4 is 40.0 Å². The molecule has 1 aliphatic rings. The number of rotatable bonds is 4. The van der Waals surface area contributed by atoms with E-state index in [0.29, 0.717) is 26.1 Å². The Balaban J connectivity index is 0.00000264. The molecule has 1 aromatic carbocycles. The smallest absolute Gasteiger partial charge is 0.339 e. The maximum atomic E-state index is 12.8. The number of ether oxygens (including phenoxy) is 1. The first-order valence-electron chi connectivity index (χ1n) is 6.81. The van der Waals surface area contributed by atoms with Crippen LogP contribution in [0.25, 0.3) is 0 Å². The van der Waals surface area contributed by atoms with E-state index in [1.807, 2.05) is 6.92 Å². The van der Waals surface area contributed by atoms with E-state index in [-0.39, 0.29) is 33.3 Å². The number of carbonyl (C=O) groups excluding carboxylic acids is 1. The quantitative estimate of drug-likeness (QED) is 0.803. The molecular weight excluding hydrogens is 363 g/mol. The molecule has 1 aliphatic heterocycles. The molecule has 1 atom stereocenters. The fourth-order valence-corrected chi connectivity index (χ4v) is 4.41. The normalized spacial score (nSPS) is 21.7. The minimum atomic E-state index is -3.80. The van der Waals surface area contributed by atoms with Crippen LogP contribution in [0.2, 0.25) is 5.02 Å². The van der Waals surface area contributed by atoms with E-state index in [9.17, 15) is 13.2 Å². The summed E-state index contributed by atoms with van der Waals surface area (Å²) in [4.78, 5) is 11.8. The lowest BCUT2D eigenvalue weighted by atomic mass is 9.90. The molecule has 1 aromatic rings. The zero-order chi connectivity index (χ0) is 16.5. The summed E-state index contributed by atoms with van der Waals surface area (Å²) in [6.45, 7) is 3.06. The van der Waals surface area contributed by atoms with Gasteiger partial charge in [-0.1, -0.05) is 18.5 Å². The highest BCUT2D eigenvalue weighted by Crippen LogP contribution is 2.34. The van der Waals surface area contributed by atoms with Crippen LogP contribution in [-0.2, 0) is 14.8 Å². The standard InChI is InChI=1S/C14H19ClN2O4S.ClH/c1-14(8-16)5-6-17(9-14)22(19,20)12-4-3-10(15)7-11(12)13(18)21-2;/h3-4,7H,5-6,8-9,16H2,1-2H3;1H. The summed E-state index contributed by atoms with van der Waals surface area (Å²) in [6, 6.07) is 4.08. The van der Waals surface area contributed by atoms with Gasteiger partial charge < -0.3 is 10.5 Å². The van der Waals surface area contributed by atoms with Crippen molar-refractivity contribution in [2.45, 2.75) is 18.2 Å². The van der Waals surface area contributed by atoms with Crippen LogP contribution in [0.1, 0.15) is 23.7 Å². The van der Waals surface area contributed by atoms with E-state index < -0.39 is 16.0 Å². The number of benzene rings is 1. The molecule has 1 fully saturated rings. The highest BCUT2D eigenvalue weighted by atomic mass is 35.5. The number of carbonyl (C=O) groups is 1. The lowest BCUT2D eigenvalue weighted by Crippen LogP contribution is -2.35. The Kier molecular flexibility index (Phi) is 6.46. The average molecular weight is 383 g/mol. The molecule has 0 amide bonds. The van der Waals surface area contributed by atoms with E-state index in [2.05, 4.69) is 4.74 Å². The number of hydrogen-bond acceptors (Lipinski definition) is 5. The molecule has 130 valence electrons. The van der Waals surface area contributed by atoms with Crippen molar-refractivity contribution in [1.82, 2.24) is 4.31 Å². The van der Waals surface area contributed by atoms with Crippen LogP contribution < -0.4 is 5.73 Å². The zero-order valence-corrected chi connectivity index (χ0v) is 15.3. The molecule has 6 nitrogen and oxygen atoms in total. The van der Waals surface area contributed by atoms with E-state index >= 15 is 0 Å². The van der Waals surface area contributed by atoms with Gasteiger partial charge in [0, 0.05) is 18.1 Å². The third-order valence-corrected chi connectivity index (χ3v) is 6.12. The molecule has 2 N–H and O–H groups in total. The van der Waals surface area contributed by atoms with E-state index in [4.69, 9.17) is 17.3 Å². The van der Waals surface area contributed by atoms with E-state index in [0.717, 1.165) is 0 Å². The zero-order valence-electron chi connectivity index (χ0n) is 12.9. The average Bonchev–Trinajstić information content (AvgIpc) is 2.90. The Labute approximate surface area is 147 Å². The summed E-state index contributed by atoms with van der Waals surface area (Å²) in [6.07, 6.45) is 0.684. The van der Waals surface area contributed by atoms with Gasteiger partial charge in [-0.2, -0.15) is 4.31 Å². The Morgan fingerprint density at radius 2 is 2.13 bits per heavy atom. The predicted molar refractivity (Wildman–Crippen MR) is 90.6 cm³/mol. The monoisotopic (exact) mass is 382 g/mol. The second-order valence-corrected chi connectivity index (χ2v) is 8.08. The molecule has 1 saturated heterocycles. The summed E-state index contributed by atoms with van der Waals surface area (Å²) >= 11 is 5.86. The lowest BCUT2D eigenvalue weighted by Gasteiger charge is -2.23. The second kappa shape index (κ2) is 7.36. The Morgan fingerprint density at radius 1 is 1.48 bits per heavy atom. The van der Waals surface area contributed by atoms with Crippen molar-refractivity contribution in [3.05, 3.63) is 28.8 Å². The number of nitrogens with two attached hydrogens (primary N) is 1. The SMILES string of the molecule is COC(=O)c1cc(Cl)ccc1S(=O)(=O)N1CCC(C)(CN)C1.Cl. The van der Waals surface area contributed by atoms with Crippen LogP contribution in [0.4, 0.5) is 0 Å². The molecule has 1 unspecified atom stereocenters. The summed E-state index contributed by atoms with van der Waals surface area (Å²) in [5.74, 6) is -0.734. The molecule has 0 saturated carbocycles. The maximum Gasteiger partial charge on any atom is 0.339 e. The minimum Gasteiger partial charge on any atom is -0.465 e. The molecular formula is C14H20Cl2N2O4S. The van der Waals surface area contributed by atoms with Crippen molar-refractivity contribution in [2.24, 2.45) is 11.1 Å². The fourth-order valence-electron chi connectivity index (χ4n) is 2.49. The van der Waals surface area contributed by atoms with Crippen LogP contribution in [0.15, 0.2) is 23.1 Å². The van der Waals surface area contributed by atoms with Crippen LogP contribution in [-0.4, -0.2) is 45.4 Å². The first-order chi connectivity index (χ1) is 10.2. The molecule has 2 rings (SSSR count). The van der Waals surface area contributed by atoms with E-state index in [1.165, 1.54) is 29.6 Å². The fraction of sp³-hybridized carbons (Fsp3) is 0.500. The van der Waals surface area contributed by atoms with Gasteiger partial charge in [0.25, 0.3) is 0 Å². The molecule has 0 aromatic heterocycles. The van der Waals surface area contributed by atoms with Gasteiger partial charge >= 0.3 is 5.97 Å². The van der Waals surface area contributed by atoms with Gasteiger partial charge in [0.1, 0.15) is 0 Å². The van der Waals surface area contributed by atoms with Crippen molar-refractivity contribution in [3.8, 4) is 0 Å². The third-order valence-electron chi connectivity index (χ3n) is 3.98. The van der Waals surface area contributed by atoms with Crippen molar-refractivity contribution in [3.63, 3.8) is 0 Å². The number of nitrogens with zero attached hydrogens (tertiary/aromatic N) is 1. The summed E-state index contributed by atoms with van der Waals surface area (Å²) in [5, 5.41) is 0.271. The Hall–Kier alpha value is -0.860.